The Bertz CT molecular complexity index is 917. The summed E-state index contributed by atoms with van der Waals surface area (Å²) in [5.41, 5.74) is 1.32. The molecular formula is C18H22N4O4S. The molecule has 8 nitrogen and oxygen atoms in total. The van der Waals surface area contributed by atoms with Gasteiger partial charge in [-0.3, -0.25) is 4.79 Å². The summed E-state index contributed by atoms with van der Waals surface area (Å²) in [6, 6.07) is 8.93. The van der Waals surface area contributed by atoms with Gasteiger partial charge in [-0.2, -0.15) is 0 Å². The Morgan fingerprint density at radius 1 is 1.33 bits per heavy atom. The van der Waals surface area contributed by atoms with Gasteiger partial charge in [-0.15, -0.1) is 0 Å². The fourth-order valence-electron chi connectivity index (χ4n) is 2.89. The van der Waals surface area contributed by atoms with Crippen LogP contribution in [0.5, 0.6) is 5.75 Å². The minimum absolute atomic E-state index is 0.0184. The molecule has 2 heterocycles. The van der Waals surface area contributed by atoms with E-state index in [9.17, 15) is 13.2 Å². The molecule has 0 aliphatic carbocycles. The molecule has 1 aromatic heterocycles. The van der Waals surface area contributed by atoms with Crippen molar-refractivity contribution in [3.05, 3.63) is 47.8 Å². The Morgan fingerprint density at radius 2 is 2.19 bits per heavy atom. The molecule has 1 amide bonds. The van der Waals surface area contributed by atoms with Gasteiger partial charge < -0.3 is 15.4 Å². The van der Waals surface area contributed by atoms with E-state index in [0.717, 1.165) is 17.7 Å². The second-order valence-corrected chi connectivity index (χ2v) is 8.60. The second-order valence-electron chi connectivity index (χ2n) is 6.37. The summed E-state index contributed by atoms with van der Waals surface area (Å²) >= 11 is 0. The lowest BCUT2D eigenvalue weighted by molar-refractivity contribution is 0.0936. The molecule has 0 saturated carbocycles. The monoisotopic (exact) mass is 390 g/mol. The summed E-state index contributed by atoms with van der Waals surface area (Å²) in [5, 5.41) is 5.82. The molecule has 2 aromatic rings. The molecular weight excluding hydrogens is 368 g/mol. The Hall–Kier alpha value is -2.68. The van der Waals surface area contributed by atoms with E-state index in [0.29, 0.717) is 18.9 Å². The van der Waals surface area contributed by atoms with Gasteiger partial charge in [-0.05, 0) is 36.6 Å². The van der Waals surface area contributed by atoms with Crippen molar-refractivity contribution < 1.29 is 17.9 Å². The molecule has 1 unspecified atom stereocenters. The maximum Gasteiger partial charge on any atom is 0.270 e. The topological polar surface area (TPSA) is 110 Å². The predicted octanol–water partition coefficient (Wildman–Crippen LogP) is 1.06. The van der Waals surface area contributed by atoms with Gasteiger partial charge in [0, 0.05) is 18.8 Å². The van der Waals surface area contributed by atoms with Crippen molar-refractivity contribution in [2.24, 2.45) is 0 Å². The van der Waals surface area contributed by atoms with E-state index < -0.39 is 15.7 Å². The molecule has 1 fully saturated rings. The highest BCUT2D eigenvalue weighted by molar-refractivity contribution is 7.91. The minimum Gasteiger partial charge on any atom is -0.497 e. The molecule has 1 aromatic carbocycles. The van der Waals surface area contributed by atoms with Gasteiger partial charge in [0.2, 0.25) is 5.95 Å². The number of carbonyl (C=O) groups is 1. The van der Waals surface area contributed by atoms with Crippen LogP contribution in [-0.4, -0.2) is 55.5 Å². The normalized spacial score (nSPS) is 18.0. The van der Waals surface area contributed by atoms with Crippen LogP contribution >= 0.6 is 0 Å². The first-order valence-corrected chi connectivity index (χ1v) is 10.5. The van der Waals surface area contributed by atoms with Crippen LogP contribution in [0.2, 0.25) is 0 Å². The predicted molar refractivity (Wildman–Crippen MR) is 102 cm³/mol. The number of hydrogen-bond acceptors (Lipinski definition) is 7. The average Bonchev–Trinajstić information content (AvgIpc) is 3.00. The third kappa shape index (κ3) is 5.40. The first kappa shape index (κ1) is 19.1. The van der Waals surface area contributed by atoms with Crippen molar-refractivity contribution in [3.8, 4) is 5.75 Å². The Morgan fingerprint density at radius 3 is 2.93 bits per heavy atom. The Labute approximate surface area is 158 Å². The third-order valence-corrected chi connectivity index (χ3v) is 6.05. The number of carbonyl (C=O) groups excluding carboxylic acids is 1. The summed E-state index contributed by atoms with van der Waals surface area (Å²) in [4.78, 5) is 20.6. The van der Waals surface area contributed by atoms with Crippen LogP contribution < -0.4 is 15.4 Å². The molecule has 0 spiro atoms. The summed E-state index contributed by atoms with van der Waals surface area (Å²) in [7, 11) is -1.42. The molecule has 0 radical (unpaired) electrons. The van der Waals surface area contributed by atoms with Crippen LogP contribution in [0.1, 0.15) is 22.5 Å². The first-order chi connectivity index (χ1) is 12.9. The summed E-state index contributed by atoms with van der Waals surface area (Å²) in [6.07, 6.45) is 2.68. The number of ether oxygens (including phenoxy) is 1. The summed E-state index contributed by atoms with van der Waals surface area (Å²) < 4.78 is 28.2. The fourth-order valence-corrected chi connectivity index (χ4v) is 4.56. The molecule has 1 saturated heterocycles. The molecule has 9 heteroatoms. The smallest absolute Gasteiger partial charge is 0.270 e. The van der Waals surface area contributed by atoms with E-state index >= 15 is 0 Å². The molecule has 0 bridgehead atoms. The summed E-state index contributed by atoms with van der Waals surface area (Å²) in [5.74, 6) is 0.852. The van der Waals surface area contributed by atoms with Crippen LogP contribution in [0.15, 0.2) is 36.5 Å². The molecule has 1 aliphatic rings. The molecule has 144 valence electrons. The number of methoxy groups -OCH3 is 1. The number of nitrogens with zero attached hydrogens (tertiary/aromatic N) is 2. The maximum absolute atomic E-state index is 12.3. The van der Waals surface area contributed by atoms with E-state index in [2.05, 4.69) is 20.6 Å². The second kappa shape index (κ2) is 8.34. The van der Waals surface area contributed by atoms with Crippen molar-refractivity contribution in [1.29, 1.82) is 0 Å². The fraction of sp³-hybridized carbons (Fsp3) is 0.389. The van der Waals surface area contributed by atoms with Crippen molar-refractivity contribution in [3.63, 3.8) is 0 Å². The molecule has 3 rings (SSSR count). The van der Waals surface area contributed by atoms with E-state index in [1.54, 1.807) is 7.11 Å². The lowest BCUT2D eigenvalue weighted by atomic mass is 10.1. The minimum atomic E-state index is -3.04. The van der Waals surface area contributed by atoms with Gasteiger partial charge in [-0.1, -0.05) is 12.1 Å². The van der Waals surface area contributed by atoms with Gasteiger partial charge >= 0.3 is 0 Å². The zero-order valence-corrected chi connectivity index (χ0v) is 15.8. The van der Waals surface area contributed by atoms with Gasteiger partial charge in [0.15, 0.2) is 9.84 Å². The van der Waals surface area contributed by atoms with Gasteiger partial charge in [0.05, 0.1) is 18.6 Å². The van der Waals surface area contributed by atoms with Crippen molar-refractivity contribution >= 4 is 21.7 Å². The van der Waals surface area contributed by atoms with Crippen LogP contribution in [0.3, 0.4) is 0 Å². The Kier molecular flexibility index (Phi) is 5.90. The van der Waals surface area contributed by atoms with Crippen LogP contribution in [-0.2, 0) is 16.3 Å². The van der Waals surface area contributed by atoms with Gasteiger partial charge in [0.1, 0.15) is 11.4 Å². The Balaban J connectivity index is 1.54. The SMILES string of the molecule is COc1cccc(CCNc2nccc(C(=O)NC3CCS(=O)(=O)C3)n2)c1. The number of nitrogens with one attached hydrogen (secondary N) is 2. The van der Waals surface area contributed by atoms with Crippen molar-refractivity contribution in [1.82, 2.24) is 15.3 Å². The van der Waals surface area contributed by atoms with E-state index in [4.69, 9.17) is 4.74 Å². The number of rotatable bonds is 7. The molecule has 27 heavy (non-hydrogen) atoms. The number of sulfone groups is 1. The summed E-state index contributed by atoms with van der Waals surface area (Å²) in [6.45, 7) is 0.596. The van der Waals surface area contributed by atoms with E-state index in [-0.39, 0.29) is 23.2 Å². The number of aromatic nitrogens is 2. The standard InChI is InChI=1S/C18H22N4O4S/c1-26-15-4-2-3-13(11-15)5-8-19-18-20-9-6-16(22-18)17(23)21-14-7-10-27(24,25)12-14/h2-4,6,9,11,14H,5,7-8,10,12H2,1H3,(H,21,23)(H,19,20,22). The average molecular weight is 390 g/mol. The third-order valence-electron chi connectivity index (χ3n) is 4.29. The maximum atomic E-state index is 12.3. The van der Waals surface area contributed by atoms with Crippen LogP contribution in [0.4, 0.5) is 5.95 Å². The number of hydrogen-bond donors (Lipinski definition) is 2. The molecule has 1 atom stereocenters. The highest BCUT2D eigenvalue weighted by Gasteiger charge is 2.29. The molecule has 1 aliphatic heterocycles. The van der Waals surface area contributed by atoms with E-state index in [1.807, 2.05) is 24.3 Å². The van der Waals surface area contributed by atoms with Crippen molar-refractivity contribution in [2.75, 3.05) is 30.5 Å². The van der Waals surface area contributed by atoms with E-state index in [1.165, 1.54) is 12.3 Å². The van der Waals surface area contributed by atoms with Crippen LogP contribution in [0, 0.1) is 0 Å². The van der Waals surface area contributed by atoms with Gasteiger partial charge in [0.25, 0.3) is 5.91 Å². The first-order valence-electron chi connectivity index (χ1n) is 8.66. The lowest BCUT2D eigenvalue weighted by Gasteiger charge is -2.11. The zero-order chi connectivity index (χ0) is 19.3. The number of amides is 1. The van der Waals surface area contributed by atoms with Crippen molar-refractivity contribution in [2.45, 2.75) is 18.9 Å². The van der Waals surface area contributed by atoms with Gasteiger partial charge in [-0.25, -0.2) is 18.4 Å². The molecule has 2 N–H and O–H groups in total. The number of anilines is 1. The quantitative estimate of drug-likeness (QED) is 0.727. The highest BCUT2D eigenvalue weighted by atomic mass is 32.2. The lowest BCUT2D eigenvalue weighted by Crippen LogP contribution is -2.36. The zero-order valence-electron chi connectivity index (χ0n) is 15.0. The van der Waals surface area contributed by atoms with Crippen LogP contribution in [0.25, 0.3) is 0 Å². The largest absolute Gasteiger partial charge is 0.497 e. The highest BCUT2D eigenvalue weighted by Crippen LogP contribution is 2.14. The number of benzene rings is 1.